The van der Waals surface area contributed by atoms with Gasteiger partial charge in [-0.15, -0.1) is 0 Å². The lowest BCUT2D eigenvalue weighted by Gasteiger charge is -2.36. The highest BCUT2D eigenvalue weighted by molar-refractivity contribution is 5.94. The molecule has 0 aliphatic carbocycles. The van der Waals surface area contributed by atoms with Gasteiger partial charge in [-0.25, -0.2) is 0 Å². The van der Waals surface area contributed by atoms with Crippen molar-refractivity contribution in [3.63, 3.8) is 0 Å². The van der Waals surface area contributed by atoms with Gasteiger partial charge in [-0.2, -0.15) is 5.10 Å². The van der Waals surface area contributed by atoms with Crippen LogP contribution < -0.4 is 4.74 Å². The first-order chi connectivity index (χ1) is 13.6. The first-order valence-electron chi connectivity index (χ1n) is 9.88. The van der Waals surface area contributed by atoms with Crippen molar-refractivity contribution in [2.75, 3.05) is 13.2 Å². The van der Waals surface area contributed by atoms with Crippen LogP contribution in [-0.2, 0) is 6.54 Å². The molecule has 0 saturated carbocycles. The number of rotatable bonds is 5. The number of amides is 1. The monoisotopic (exact) mass is 378 g/mol. The quantitative estimate of drug-likeness (QED) is 0.724. The molecule has 3 heterocycles. The Morgan fingerprint density at radius 1 is 1.21 bits per heavy atom. The Morgan fingerprint density at radius 3 is 2.82 bits per heavy atom. The average Bonchev–Trinajstić information content (AvgIpc) is 3.35. The Kier molecular flexibility index (Phi) is 4.94. The van der Waals surface area contributed by atoms with Crippen molar-refractivity contribution in [1.29, 1.82) is 0 Å². The van der Waals surface area contributed by atoms with Gasteiger partial charge in [0.15, 0.2) is 0 Å². The summed E-state index contributed by atoms with van der Waals surface area (Å²) in [6, 6.07) is 13.9. The normalized spacial score (nSPS) is 16.1. The van der Waals surface area contributed by atoms with Crippen LogP contribution in [0.25, 0.3) is 11.3 Å². The third-order valence-electron chi connectivity index (χ3n) is 5.43. The van der Waals surface area contributed by atoms with E-state index in [2.05, 4.69) is 40.7 Å². The second-order valence-corrected chi connectivity index (χ2v) is 7.07. The van der Waals surface area contributed by atoms with Crippen LogP contribution in [0.3, 0.4) is 0 Å². The minimum absolute atomic E-state index is 0.00964. The number of fused-ring (bicyclic) bond motifs is 1. The summed E-state index contributed by atoms with van der Waals surface area (Å²) in [5.41, 5.74) is 4.57. The highest BCUT2D eigenvalue weighted by atomic mass is 16.5. The fourth-order valence-corrected chi connectivity index (χ4v) is 4.07. The van der Waals surface area contributed by atoms with Gasteiger partial charge in [0.2, 0.25) is 0 Å². The number of H-pyrrole nitrogens is 1. The van der Waals surface area contributed by atoms with Crippen molar-refractivity contribution in [3.05, 3.63) is 59.5 Å². The highest BCUT2D eigenvalue weighted by Gasteiger charge is 2.31. The van der Waals surface area contributed by atoms with E-state index < -0.39 is 0 Å². The van der Waals surface area contributed by atoms with Crippen molar-refractivity contribution in [1.82, 2.24) is 19.7 Å². The number of aryl methyl sites for hydroxylation is 1. The van der Waals surface area contributed by atoms with Crippen LogP contribution in [0.2, 0.25) is 0 Å². The number of nitrogens with zero attached hydrogens (tertiary/aromatic N) is 3. The van der Waals surface area contributed by atoms with Crippen LogP contribution in [0.15, 0.2) is 42.5 Å². The van der Waals surface area contributed by atoms with Gasteiger partial charge in [0.1, 0.15) is 11.4 Å². The number of ether oxygens (including phenoxy) is 1. The second kappa shape index (κ2) is 7.54. The molecule has 1 atom stereocenters. The summed E-state index contributed by atoms with van der Waals surface area (Å²) in [4.78, 5) is 15.2. The number of carbonyl (C=O) groups excluding carboxylic acids is 1. The number of aromatic amines is 1. The Bertz CT molecular complexity index is 988. The molecule has 4 rings (SSSR count). The van der Waals surface area contributed by atoms with Crippen molar-refractivity contribution in [2.24, 2.45) is 0 Å². The summed E-state index contributed by atoms with van der Waals surface area (Å²) in [6.07, 6.45) is 0.878. The van der Waals surface area contributed by atoms with Gasteiger partial charge in [-0.3, -0.25) is 9.89 Å². The predicted molar refractivity (Wildman–Crippen MR) is 108 cm³/mol. The zero-order valence-corrected chi connectivity index (χ0v) is 16.6. The van der Waals surface area contributed by atoms with Gasteiger partial charge in [0.05, 0.1) is 18.3 Å². The van der Waals surface area contributed by atoms with E-state index in [-0.39, 0.29) is 11.9 Å². The van der Waals surface area contributed by atoms with Gasteiger partial charge in [0, 0.05) is 30.0 Å². The zero-order chi connectivity index (χ0) is 19.7. The van der Waals surface area contributed by atoms with Crippen LogP contribution in [-0.4, -0.2) is 38.7 Å². The molecule has 0 bridgehead atoms. The molecule has 1 N–H and O–H groups in total. The van der Waals surface area contributed by atoms with Crippen LogP contribution in [0.5, 0.6) is 5.75 Å². The van der Waals surface area contributed by atoms with E-state index in [0.717, 1.165) is 30.0 Å². The predicted octanol–water partition coefficient (Wildman–Crippen LogP) is 4.19. The van der Waals surface area contributed by atoms with Crippen LogP contribution in [0.1, 0.15) is 48.2 Å². The minimum atomic E-state index is -0.00964. The molecule has 2 aromatic heterocycles. The first-order valence-corrected chi connectivity index (χ1v) is 9.88. The minimum Gasteiger partial charge on any atom is -0.493 e. The van der Waals surface area contributed by atoms with Crippen molar-refractivity contribution in [3.8, 4) is 17.0 Å². The first kappa shape index (κ1) is 18.3. The third-order valence-corrected chi connectivity index (χ3v) is 5.43. The van der Waals surface area contributed by atoms with E-state index in [1.807, 2.05) is 42.2 Å². The molecule has 6 nitrogen and oxygen atoms in total. The highest BCUT2D eigenvalue weighted by Crippen LogP contribution is 2.33. The summed E-state index contributed by atoms with van der Waals surface area (Å²) in [6.45, 7) is 8.30. The molecule has 0 fully saturated rings. The Labute approximate surface area is 165 Å². The Balaban J connectivity index is 1.62. The summed E-state index contributed by atoms with van der Waals surface area (Å²) >= 11 is 0. The molecule has 3 aromatic rings. The van der Waals surface area contributed by atoms with E-state index in [1.54, 1.807) is 0 Å². The largest absolute Gasteiger partial charge is 0.493 e. The fourth-order valence-electron chi connectivity index (χ4n) is 4.07. The van der Waals surface area contributed by atoms with Crippen molar-refractivity contribution >= 4 is 5.91 Å². The maximum absolute atomic E-state index is 13.3. The molecular weight excluding hydrogens is 352 g/mol. The molecule has 28 heavy (non-hydrogen) atoms. The lowest BCUT2D eigenvalue weighted by atomic mass is 10.1. The molecule has 0 radical (unpaired) electrons. The van der Waals surface area contributed by atoms with E-state index in [9.17, 15) is 4.79 Å². The number of nitrogens with one attached hydrogen (secondary N) is 1. The smallest absolute Gasteiger partial charge is 0.272 e. The summed E-state index contributed by atoms with van der Waals surface area (Å²) < 4.78 is 8.02. The number of aromatic nitrogens is 3. The van der Waals surface area contributed by atoms with Gasteiger partial charge < -0.3 is 14.2 Å². The maximum atomic E-state index is 13.3. The maximum Gasteiger partial charge on any atom is 0.272 e. The summed E-state index contributed by atoms with van der Waals surface area (Å²) in [5, 5.41) is 7.33. The van der Waals surface area contributed by atoms with Gasteiger partial charge in [-0.1, -0.05) is 19.1 Å². The SMILES string of the molecule is CCOc1ccccc1-c1cc(C(=O)N2CCn3c(C)ccc3[C@@H]2CC)[nH]n1. The number of benzene rings is 1. The number of hydrogen-bond acceptors (Lipinski definition) is 3. The molecule has 0 saturated heterocycles. The van der Waals surface area contributed by atoms with Crippen molar-refractivity contribution in [2.45, 2.75) is 39.8 Å². The van der Waals surface area contributed by atoms with Gasteiger partial charge >= 0.3 is 0 Å². The summed E-state index contributed by atoms with van der Waals surface area (Å²) in [7, 11) is 0. The molecule has 1 aromatic carbocycles. The summed E-state index contributed by atoms with van der Waals surface area (Å²) in [5.74, 6) is 0.762. The van der Waals surface area contributed by atoms with Gasteiger partial charge in [-0.05, 0) is 50.6 Å². The van der Waals surface area contributed by atoms with Gasteiger partial charge in [0.25, 0.3) is 5.91 Å². The average molecular weight is 378 g/mol. The molecule has 1 aliphatic rings. The zero-order valence-electron chi connectivity index (χ0n) is 16.6. The van der Waals surface area contributed by atoms with Crippen LogP contribution in [0, 0.1) is 6.92 Å². The molecule has 146 valence electrons. The van der Waals surface area contributed by atoms with E-state index in [4.69, 9.17) is 4.74 Å². The molecule has 0 unspecified atom stereocenters. The fraction of sp³-hybridized carbons (Fsp3) is 0.364. The molecular formula is C22H26N4O2. The molecule has 1 amide bonds. The number of carbonyl (C=O) groups is 1. The molecule has 0 spiro atoms. The van der Waals surface area contributed by atoms with Crippen LogP contribution >= 0.6 is 0 Å². The van der Waals surface area contributed by atoms with E-state index in [1.165, 1.54) is 11.4 Å². The molecule has 6 heteroatoms. The second-order valence-electron chi connectivity index (χ2n) is 7.07. The number of para-hydroxylation sites is 1. The standard InChI is InChI=1S/C22H26N4O2/c1-4-19-20-11-10-15(3)25(20)12-13-26(19)22(27)18-14-17(23-24-18)16-8-6-7-9-21(16)28-5-2/h6-11,14,19H,4-5,12-13H2,1-3H3,(H,23,24)/t19-/m0/s1. The van der Waals surface area contributed by atoms with E-state index in [0.29, 0.717) is 18.8 Å². The Morgan fingerprint density at radius 2 is 2.04 bits per heavy atom. The molecule has 1 aliphatic heterocycles. The van der Waals surface area contributed by atoms with Crippen LogP contribution in [0.4, 0.5) is 0 Å². The van der Waals surface area contributed by atoms with Crippen molar-refractivity contribution < 1.29 is 9.53 Å². The third kappa shape index (κ3) is 3.09. The lowest BCUT2D eigenvalue weighted by molar-refractivity contribution is 0.0610. The lowest BCUT2D eigenvalue weighted by Crippen LogP contribution is -2.42. The number of hydrogen-bond donors (Lipinski definition) is 1. The topological polar surface area (TPSA) is 63.1 Å². The Hall–Kier alpha value is -3.02. The van der Waals surface area contributed by atoms with E-state index >= 15 is 0 Å².